The van der Waals surface area contributed by atoms with Gasteiger partial charge in [0.2, 0.25) is 11.8 Å². The van der Waals surface area contributed by atoms with E-state index in [4.69, 9.17) is 0 Å². The third kappa shape index (κ3) is 5.17. The van der Waals surface area contributed by atoms with Gasteiger partial charge in [-0.05, 0) is 42.0 Å². The Balaban J connectivity index is 1.91. The second-order valence-electron chi connectivity index (χ2n) is 5.30. The number of benzene rings is 2. The molecule has 0 aliphatic carbocycles. The first-order chi connectivity index (χ1) is 11.5. The highest BCUT2D eigenvalue weighted by atomic mass is 19.1. The fraction of sp³-hybridized carbons (Fsp3) is 0.222. The van der Waals surface area contributed by atoms with E-state index in [0.29, 0.717) is 23.4 Å². The predicted molar refractivity (Wildman–Crippen MR) is 90.0 cm³/mol. The Labute approximate surface area is 139 Å². The zero-order chi connectivity index (χ0) is 17.5. The lowest BCUT2D eigenvalue weighted by Crippen LogP contribution is -2.15. The number of aliphatic hydroxyl groups is 1. The van der Waals surface area contributed by atoms with Crippen LogP contribution in [0, 0.1) is 5.82 Å². The van der Waals surface area contributed by atoms with Crippen molar-refractivity contribution in [3.63, 3.8) is 0 Å². The molecule has 0 fully saturated rings. The van der Waals surface area contributed by atoms with Crippen molar-refractivity contribution in [2.75, 3.05) is 10.6 Å². The lowest BCUT2D eigenvalue weighted by atomic mass is 10.1. The zero-order valence-electron chi connectivity index (χ0n) is 13.3. The van der Waals surface area contributed by atoms with Gasteiger partial charge in [-0.1, -0.05) is 19.1 Å². The first-order valence-electron chi connectivity index (χ1n) is 7.61. The average molecular weight is 330 g/mol. The van der Waals surface area contributed by atoms with E-state index in [1.165, 1.54) is 18.2 Å². The van der Waals surface area contributed by atoms with Crippen molar-refractivity contribution >= 4 is 23.2 Å². The molecule has 24 heavy (non-hydrogen) atoms. The molecule has 0 aromatic heterocycles. The summed E-state index contributed by atoms with van der Waals surface area (Å²) in [6.45, 7) is 1.76. The largest absolute Gasteiger partial charge is 0.388 e. The Morgan fingerprint density at radius 3 is 2.17 bits per heavy atom. The van der Waals surface area contributed by atoms with Gasteiger partial charge in [0.25, 0.3) is 0 Å². The van der Waals surface area contributed by atoms with Crippen molar-refractivity contribution in [3.8, 4) is 0 Å². The van der Waals surface area contributed by atoms with Gasteiger partial charge in [0.1, 0.15) is 5.82 Å². The lowest BCUT2D eigenvalue weighted by molar-refractivity contribution is -0.118. The van der Waals surface area contributed by atoms with Crippen molar-refractivity contribution in [2.24, 2.45) is 0 Å². The Morgan fingerprint density at radius 1 is 1.04 bits per heavy atom. The smallest absolute Gasteiger partial charge is 0.227 e. The van der Waals surface area contributed by atoms with Gasteiger partial charge in [-0.3, -0.25) is 9.59 Å². The van der Waals surface area contributed by atoms with E-state index < -0.39 is 17.8 Å². The van der Waals surface area contributed by atoms with E-state index in [2.05, 4.69) is 10.6 Å². The molecule has 0 saturated heterocycles. The van der Waals surface area contributed by atoms with E-state index >= 15 is 0 Å². The summed E-state index contributed by atoms with van der Waals surface area (Å²) in [5.41, 5.74) is 1.53. The number of nitrogens with one attached hydrogen (secondary N) is 2. The topological polar surface area (TPSA) is 78.4 Å². The van der Waals surface area contributed by atoms with E-state index in [-0.39, 0.29) is 12.3 Å². The van der Waals surface area contributed by atoms with Crippen LogP contribution in [0.4, 0.5) is 15.8 Å². The Hall–Kier alpha value is -2.73. The predicted octanol–water partition coefficient (Wildman–Crippen LogP) is 3.24. The number of amides is 2. The van der Waals surface area contributed by atoms with Crippen molar-refractivity contribution in [3.05, 3.63) is 59.9 Å². The number of halogens is 1. The minimum absolute atomic E-state index is 0.0926. The molecule has 0 radical (unpaired) electrons. The Bertz CT molecular complexity index is 716. The maximum absolute atomic E-state index is 13.1. The highest BCUT2D eigenvalue weighted by Gasteiger charge is 2.14. The van der Waals surface area contributed by atoms with Gasteiger partial charge < -0.3 is 15.7 Å². The molecule has 0 bridgehead atoms. The maximum Gasteiger partial charge on any atom is 0.227 e. The number of anilines is 2. The van der Waals surface area contributed by atoms with Crippen molar-refractivity contribution in [2.45, 2.75) is 25.9 Å². The van der Waals surface area contributed by atoms with Crippen LogP contribution in [0.2, 0.25) is 0 Å². The molecule has 1 unspecified atom stereocenters. The Morgan fingerprint density at radius 2 is 1.62 bits per heavy atom. The van der Waals surface area contributed by atoms with Gasteiger partial charge in [-0.25, -0.2) is 4.39 Å². The first kappa shape index (κ1) is 17.6. The van der Waals surface area contributed by atoms with Gasteiger partial charge in [0.05, 0.1) is 12.5 Å². The molecular formula is C18H19FN2O3. The summed E-state index contributed by atoms with van der Waals surface area (Å²) in [5.74, 6) is -0.946. The Kier molecular flexibility index (Phi) is 6.03. The molecule has 2 amide bonds. The number of rotatable bonds is 6. The molecule has 0 heterocycles. The molecule has 5 nitrogen and oxygen atoms in total. The van der Waals surface area contributed by atoms with Crippen LogP contribution in [-0.2, 0) is 9.59 Å². The van der Waals surface area contributed by atoms with E-state index in [1.807, 2.05) is 0 Å². The molecule has 126 valence electrons. The van der Waals surface area contributed by atoms with E-state index in [9.17, 15) is 19.1 Å². The number of hydrogen-bond acceptors (Lipinski definition) is 3. The molecule has 0 aliphatic heterocycles. The van der Waals surface area contributed by atoms with Crippen LogP contribution in [0.1, 0.15) is 31.4 Å². The number of carbonyl (C=O) groups is 2. The average Bonchev–Trinajstić information content (AvgIpc) is 2.56. The minimum Gasteiger partial charge on any atom is -0.388 e. The van der Waals surface area contributed by atoms with Crippen molar-refractivity contribution in [1.29, 1.82) is 0 Å². The standard InChI is InChI=1S/C18H19FN2O3/c1-2-17(23)20-14-6-8-15(9-7-14)21-18(24)11-16(22)12-4-3-5-13(19)10-12/h3-10,16,22H,2,11H2,1H3,(H,20,23)(H,21,24). The van der Waals surface area contributed by atoms with Gasteiger partial charge in [-0.15, -0.1) is 0 Å². The molecule has 2 aromatic carbocycles. The SMILES string of the molecule is CCC(=O)Nc1ccc(NC(=O)CC(O)c2cccc(F)c2)cc1. The first-order valence-corrected chi connectivity index (χ1v) is 7.61. The summed E-state index contributed by atoms with van der Waals surface area (Å²) in [4.78, 5) is 23.2. The highest BCUT2D eigenvalue weighted by molar-refractivity contribution is 5.93. The monoisotopic (exact) mass is 330 g/mol. The van der Waals surface area contributed by atoms with Gasteiger partial charge in [-0.2, -0.15) is 0 Å². The van der Waals surface area contributed by atoms with E-state index in [0.717, 1.165) is 0 Å². The molecule has 0 spiro atoms. The molecule has 2 rings (SSSR count). The molecule has 1 atom stereocenters. The van der Waals surface area contributed by atoms with Gasteiger partial charge in [0, 0.05) is 17.8 Å². The molecule has 3 N–H and O–H groups in total. The molecule has 6 heteroatoms. The maximum atomic E-state index is 13.1. The van der Waals surface area contributed by atoms with Crippen LogP contribution < -0.4 is 10.6 Å². The fourth-order valence-electron chi connectivity index (χ4n) is 2.11. The second kappa shape index (κ2) is 8.21. The van der Waals surface area contributed by atoms with Crippen molar-refractivity contribution < 1.29 is 19.1 Å². The van der Waals surface area contributed by atoms with Gasteiger partial charge in [0.15, 0.2) is 0 Å². The molecule has 0 aliphatic rings. The summed E-state index contributed by atoms with van der Waals surface area (Å²) < 4.78 is 13.1. The second-order valence-corrected chi connectivity index (χ2v) is 5.30. The molecular weight excluding hydrogens is 311 g/mol. The summed E-state index contributed by atoms with van der Waals surface area (Å²) in [6.07, 6.45) is -0.877. The highest BCUT2D eigenvalue weighted by Crippen LogP contribution is 2.19. The zero-order valence-corrected chi connectivity index (χ0v) is 13.3. The van der Waals surface area contributed by atoms with Crippen LogP contribution in [0.15, 0.2) is 48.5 Å². The van der Waals surface area contributed by atoms with Crippen LogP contribution in [0.3, 0.4) is 0 Å². The summed E-state index contributed by atoms with van der Waals surface area (Å²) in [5, 5.41) is 15.3. The summed E-state index contributed by atoms with van der Waals surface area (Å²) in [6, 6.07) is 12.2. The van der Waals surface area contributed by atoms with E-state index in [1.54, 1.807) is 37.3 Å². The molecule has 2 aromatic rings. The number of aliphatic hydroxyl groups excluding tert-OH is 1. The van der Waals surface area contributed by atoms with Crippen molar-refractivity contribution in [1.82, 2.24) is 0 Å². The van der Waals surface area contributed by atoms with Crippen LogP contribution in [0.25, 0.3) is 0 Å². The van der Waals surface area contributed by atoms with Crippen LogP contribution >= 0.6 is 0 Å². The third-order valence-corrected chi connectivity index (χ3v) is 3.39. The van der Waals surface area contributed by atoms with Crippen LogP contribution in [-0.4, -0.2) is 16.9 Å². The number of hydrogen-bond donors (Lipinski definition) is 3. The fourth-order valence-corrected chi connectivity index (χ4v) is 2.11. The lowest BCUT2D eigenvalue weighted by Gasteiger charge is -2.12. The molecule has 0 saturated carbocycles. The quantitative estimate of drug-likeness (QED) is 0.761. The van der Waals surface area contributed by atoms with Gasteiger partial charge >= 0.3 is 0 Å². The summed E-state index contributed by atoms with van der Waals surface area (Å²) in [7, 11) is 0. The summed E-state index contributed by atoms with van der Waals surface area (Å²) >= 11 is 0. The normalized spacial score (nSPS) is 11.6. The number of carbonyl (C=O) groups excluding carboxylic acids is 2. The third-order valence-electron chi connectivity index (χ3n) is 3.39. The van der Waals surface area contributed by atoms with Crippen LogP contribution in [0.5, 0.6) is 0 Å². The minimum atomic E-state index is -1.08.